The Hall–Kier alpha value is -2.35. The van der Waals surface area contributed by atoms with Gasteiger partial charge in [0.1, 0.15) is 0 Å². The fourth-order valence-corrected chi connectivity index (χ4v) is 5.13. The van der Waals surface area contributed by atoms with Gasteiger partial charge in [-0.2, -0.15) is 0 Å². The first kappa shape index (κ1) is 20.5. The highest BCUT2D eigenvalue weighted by Crippen LogP contribution is 2.23. The van der Waals surface area contributed by atoms with E-state index in [1.54, 1.807) is 11.8 Å². The molecule has 2 fully saturated rings. The lowest BCUT2D eigenvalue weighted by molar-refractivity contribution is 0.0432. The summed E-state index contributed by atoms with van der Waals surface area (Å²) >= 11 is 1.68. The van der Waals surface area contributed by atoms with Crippen molar-refractivity contribution in [1.82, 2.24) is 19.8 Å². The Balaban J connectivity index is 1.12. The Labute approximate surface area is 187 Å². The van der Waals surface area contributed by atoms with E-state index >= 15 is 0 Å². The molecule has 2 aromatic carbocycles. The van der Waals surface area contributed by atoms with Crippen LogP contribution in [0.15, 0.2) is 53.7 Å². The molecule has 31 heavy (non-hydrogen) atoms. The van der Waals surface area contributed by atoms with Crippen molar-refractivity contribution in [2.45, 2.75) is 29.9 Å². The summed E-state index contributed by atoms with van der Waals surface area (Å²) in [5, 5.41) is 0.919. The molecule has 0 bridgehead atoms. The number of ether oxygens (including phenoxy) is 1. The van der Waals surface area contributed by atoms with E-state index in [9.17, 15) is 4.79 Å². The van der Waals surface area contributed by atoms with Crippen LogP contribution in [0.4, 0.5) is 0 Å². The quantitative estimate of drug-likeness (QED) is 0.596. The van der Waals surface area contributed by atoms with E-state index in [0.29, 0.717) is 6.10 Å². The topological polar surface area (TPSA) is 61.5 Å². The number of hydrogen-bond donors (Lipinski definition) is 1. The molecular formula is C24H28N4O2S. The fraction of sp³-hybridized carbons (Fsp3) is 0.417. The molecule has 7 heteroatoms. The van der Waals surface area contributed by atoms with Gasteiger partial charge in [-0.25, -0.2) is 4.98 Å². The minimum Gasteiger partial charge on any atom is -0.377 e. The first-order valence-corrected chi connectivity index (χ1v) is 12.0. The molecule has 6 nitrogen and oxygen atoms in total. The summed E-state index contributed by atoms with van der Waals surface area (Å²) in [6, 6.07) is 16.1. The average Bonchev–Trinajstić information content (AvgIpc) is 3.47. The molecule has 3 aromatic rings. The third kappa shape index (κ3) is 4.95. The number of hydrogen-bond acceptors (Lipinski definition) is 5. The van der Waals surface area contributed by atoms with Crippen molar-refractivity contribution in [2.75, 3.05) is 39.3 Å². The highest BCUT2D eigenvalue weighted by atomic mass is 32.2. The minimum absolute atomic E-state index is 0.133. The van der Waals surface area contributed by atoms with E-state index in [0.717, 1.165) is 66.8 Å². The lowest BCUT2D eigenvalue weighted by Gasteiger charge is -2.35. The van der Waals surface area contributed by atoms with Gasteiger partial charge in [0.05, 0.1) is 17.1 Å². The van der Waals surface area contributed by atoms with Crippen LogP contribution >= 0.6 is 11.8 Å². The van der Waals surface area contributed by atoms with Crippen molar-refractivity contribution in [1.29, 1.82) is 0 Å². The Bertz CT molecular complexity index is 988. The second-order valence-electron chi connectivity index (χ2n) is 8.27. The number of imidazole rings is 1. The number of H-pyrrole nitrogens is 1. The van der Waals surface area contributed by atoms with E-state index < -0.39 is 0 Å². The van der Waals surface area contributed by atoms with Gasteiger partial charge in [-0.15, -0.1) is 0 Å². The molecule has 3 heterocycles. The van der Waals surface area contributed by atoms with Crippen molar-refractivity contribution in [3.8, 4) is 0 Å². The van der Waals surface area contributed by atoms with Crippen LogP contribution in [0.25, 0.3) is 11.0 Å². The van der Waals surface area contributed by atoms with Crippen molar-refractivity contribution >= 4 is 28.7 Å². The van der Waals surface area contributed by atoms with Gasteiger partial charge in [0, 0.05) is 50.6 Å². The monoisotopic (exact) mass is 436 g/mol. The second kappa shape index (κ2) is 9.42. The summed E-state index contributed by atoms with van der Waals surface area (Å²) in [6.07, 6.45) is 2.72. The first-order chi connectivity index (χ1) is 15.2. The Morgan fingerprint density at radius 2 is 1.90 bits per heavy atom. The van der Waals surface area contributed by atoms with Crippen LogP contribution in [-0.4, -0.2) is 71.1 Å². The lowest BCUT2D eigenvalue weighted by atomic mass is 10.1. The summed E-state index contributed by atoms with van der Waals surface area (Å²) in [4.78, 5) is 25.3. The van der Waals surface area contributed by atoms with Crippen LogP contribution in [0.2, 0.25) is 0 Å². The van der Waals surface area contributed by atoms with Gasteiger partial charge in [-0.3, -0.25) is 9.69 Å². The van der Waals surface area contributed by atoms with E-state index in [-0.39, 0.29) is 5.91 Å². The second-order valence-corrected chi connectivity index (χ2v) is 9.24. The standard InChI is InChI=1S/C24H28N4O2S/c29-23(28-13-11-27(12-14-28)16-20-4-3-15-30-20)19-9-7-18(8-10-19)17-31-24-25-21-5-1-2-6-22(21)26-24/h1-2,5-10,20H,3-4,11-17H2,(H,25,26)/t20-/m1/s1. The number of carbonyl (C=O) groups excluding carboxylic acids is 1. The van der Waals surface area contributed by atoms with Crippen LogP contribution in [0, 0.1) is 0 Å². The highest BCUT2D eigenvalue weighted by Gasteiger charge is 2.25. The highest BCUT2D eigenvalue weighted by molar-refractivity contribution is 7.98. The number of thioether (sulfide) groups is 1. The molecule has 1 aromatic heterocycles. The zero-order valence-electron chi connectivity index (χ0n) is 17.6. The number of nitrogens with one attached hydrogen (secondary N) is 1. The first-order valence-electron chi connectivity index (χ1n) is 11.0. The normalized spacial score (nSPS) is 19.9. The van der Waals surface area contributed by atoms with Crippen molar-refractivity contribution in [2.24, 2.45) is 0 Å². The Morgan fingerprint density at radius 1 is 1.10 bits per heavy atom. The van der Waals surface area contributed by atoms with Crippen LogP contribution < -0.4 is 0 Å². The van der Waals surface area contributed by atoms with Gasteiger partial charge >= 0.3 is 0 Å². The van der Waals surface area contributed by atoms with Crippen molar-refractivity contribution < 1.29 is 9.53 Å². The number of amides is 1. The zero-order chi connectivity index (χ0) is 21.0. The van der Waals surface area contributed by atoms with Crippen LogP contribution in [0.5, 0.6) is 0 Å². The molecule has 162 valence electrons. The number of para-hydroxylation sites is 2. The molecular weight excluding hydrogens is 408 g/mol. The summed E-state index contributed by atoms with van der Waals surface area (Å²) < 4.78 is 5.74. The summed E-state index contributed by atoms with van der Waals surface area (Å²) in [5.74, 6) is 0.948. The van der Waals surface area contributed by atoms with Crippen molar-refractivity contribution in [3.05, 3.63) is 59.7 Å². The molecule has 0 unspecified atom stereocenters. The molecule has 1 atom stereocenters. The summed E-state index contributed by atoms with van der Waals surface area (Å²) in [5.41, 5.74) is 4.00. The van der Waals surface area contributed by atoms with Gasteiger partial charge in [0.15, 0.2) is 5.16 Å². The molecule has 0 spiro atoms. The number of carbonyl (C=O) groups is 1. The van der Waals surface area contributed by atoms with Gasteiger partial charge in [-0.05, 0) is 42.7 Å². The minimum atomic E-state index is 0.133. The van der Waals surface area contributed by atoms with Crippen molar-refractivity contribution in [3.63, 3.8) is 0 Å². The number of aromatic nitrogens is 2. The van der Waals surface area contributed by atoms with Gasteiger partial charge in [0.2, 0.25) is 0 Å². The predicted molar refractivity (Wildman–Crippen MR) is 123 cm³/mol. The average molecular weight is 437 g/mol. The number of rotatable bonds is 6. The predicted octanol–water partition coefficient (Wildman–Crippen LogP) is 3.79. The molecule has 2 aliphatic heterocycles. The Morgan fingerprint density at radius 3 is 2.65 bits per heavy atom. The Kier molecular flexibility index (Phi) is 6.25. The number of aromatic amines is 1. The number of benzene rings is 2. The van der Waals surface area contributed by atoms with Crippen LogP contribution in [0.1, 0.15) is 28.8 Å². The van der Waals surface area contributed by atoms with Crippen LogP contribution in [-0.2, 0) is 10.5 Å². The molecule has 0 saturated carbocycles. The van der Waals surface area contributed by atoms with Gasteiger partial charge in [-0.1, -0.05) is 36.0 Å². The smallest absolute Gasteiger partial charge is 0.253 e. The maximum absolute atomic E-state index is 12.9. The van der Waals surface area contributed by atoms with E-state index in [1.807, 2.05) is 41.3 Å². The van der Waals surface area contributed by atoms with E-state index in [4.69, 9.17) is 4.74 Å². The number of piperazine rings is 1. The van der Waals surface area contributed by atoms with Gasteiger partial charge in [0.25, 0.3) is 5.91 Å². The third-order valence-electron chi connectivity index (χ3n) is 6.09. The molecule has 5 rings (SSSR count). The third-order valence-corrected chi connectivity index (χ3v) is 7.03. The molecule has 2 saturated heterocycles. The fourth-order valence-electron chi connectivity index (χ4n) is 4.29. The van der Waals surface area contributed by atoms with Crippen LogP contribution in [0.3, 0.4) is 0 Å². The maximum Gasteiger partial charge on any atom is 0.253 e. The van der Waals surface area contributed by atoms with E-state index in [1.165, 1.54) is 18.4 Å². The molecule has 1 amide bonds. The summed E-state index contributed by atoms with van der Waals surface area (Å²) in [6.45, 7) is 5.33. The zero-order valence-corrected chi connectivity index (χ0v) is 18.4. The molecule has 2 aliphatic rings. The summed E-state index contributed by atoms with van der Waals surface area (Å²) in [7, 11) is 0. The molecule has 0 aliphatic carbocycles. The van der Waals surface area contributed by atoms with E-state index in [2.05, 4.69) is 27.0 Å². The van der Waals surface area contributed by atoms with Gasteiger partial charge < -0.3 is 14.6 Å². The SMILES string of the molecule is O=C(c1ccc(CSc2nc3ccccc3[nH]2)cc1)N1CCN(C[C@H]2CCCO2)CC1. The largest absolute Gasteiger partial charge is 0.377 e. The molecule has 0 radical (unpaired) electrons. The number of fused-ring (bicyclic) bond motifs is 1. The number of nitrogens with zero attached hydrogens (tertiary/aromatic N) is 3. The maximum atomic E-state index is 12.9. The molecule has 1 N–H and O–H groups in total. The lowest BCUT2D eigenvalue weighted by Crippen LogP contribution is -2.50.